The van der Waals surface area contributed by atoms with Crippen LogP contribution >= 0.6 is 0 Å². The van der Waals surface area contributed by atoms with Gasteiger partial charge in [-0.15, -0.1) is 0 Å². The highest BCUT2D eigenvalue weighted by Gasteiger charge is 2.15. The molecule has 0 radical (unpaired) electrons. The number of likely N-dealkylation sites (N-methyl/N-ethyl adjacent to an activating group) is 1. The van der Waals surface area contributed by atoms with Gasteiger partial charge in [-0.1, -0.05) is 5.16 Å². The molecule has 0 aliphatic heterocycles. The van der Waals surface area contributed by atoms with Gasteiger partial charge in [0.1, 0.15) is 17.2 Å². The number of ether oxygens (including phenoxy) is 3. The van der Waals surface area contributed by atoms with E-state index in [2.05, 4.69) is 10.1 Å². The Labute approximate surface area is 162 Å². The van der Waals surface area contributed by atoms with E-state index in [9.17, 15) is 4.79 Å². The summed E-state index contributed by atoms with van der Waals surface area (Å²) < 4.78 is 21.0. The Balaban J connectivity index is 1.54. The van der Waals surface area contributed by atoms with Crippen molar-refractivity contribution < 1.29 is 23.5 Å². The van der Waals surface area contributed by atoms with Crippen molar-refractivity contribution in [1.29, 1.82) is 0 Å². The Morgan fingerprint density at radius 1 is 0.964 bits per heavy atom. The molecular formula is C20H21N3O5. The van der Waals surface area contributed by atoms with E-state index < -0.39 is 0 Å². The summed E-state index contributed by atoms with van der Waals surface area (Å²) in [4.78, 5) is 18.1. The number of carbonyl (C=O) groups is 1. The van der Waals surface area contributed by atoms with E-state index in [-0.39, 0.29) is 19.1 Å². The second-order valence-corrected chi connectivity index (χ2v) is 5.95. The average molecular weight is 383 g/mol. The number of hydrogen-bond donors (Lipinski definition) is 0. The molecule has 1 aromatic heterocycles. The minimum absolute atomic E-state index is 0.0949. The number of aromatic nitrogens is 2. The van der Waals surface area contributed by atoms with Crippen molar-refractivity contribution in [3.05, 3.63) is 54.4 Å². The van der Waals surface area contributed by atoms with Crippen molar-refractivity contribution in [2.45, 2.75) is 6.54 Å². The topological polar surface area (TPSA) is 86.9 Å². The van der Waals surface area contributed by atoms with Crippen molar-refractivity contribution in [2.75, 3.05) is 27.9 Å². The standard InChI is InChI=1S/C20H21N3O5/c1-23(19(24)13-27-17-10-8-16(26-3)9-11-17)12-18-21-20(22-28-18)14-4-6-15(25-2)7-5-14/h4-11H,12-13H2,1-3H3. The van der Waals surface area contributed by atoms with E-state index in [0.717, 1.165) is 17.1 Å². The second kappa shape index (κ2) is 8.90. The van der Waals surface area contributed by atoms with Crippen LogP contribution in [0.4, 0.5) is 0 Å². The minimum atomic E-state index is -0.208. The Morgan fingerprint density at radius 3 is 2.14 bits per heavy atom. The number of benzene rings is 2. The van der Waals surface area contributed by atoms with Crippen LogP contribution in [0, 0.1) is 0 Å². The number of nitrogens with zero attached hydrogens (tertiary/aromatic N) is 3. The fourth-order valence-corrected chi connectivity index (χ4v) is 2.39. The molecule has 28 heavy (non-hydrogen) atoms. The lowest BCUT2D eigenvalue weighted by molar-refractivity contribution is -0.132. The molecule has 0 aliphatic carbocycles. The molecule has 8 heteroatoms. The molecule has 0 unspecified atom stereocenters. The zero-order chi connectivity index (χ0) is 19.9. The van der Waals surface area contributed by atoms with Crippen molar-refractivity contribution >= 4 is 5.91 Å². The summed E-state index contributed by atoms with van der Waals surface area (Å²) >= 11 is 0. The molecule has 146 valence electrons. The highest BCUT2D eigenvalue weighted by atomic mass is 16.5. The molecule has 0 atom stereocenters. The van der Waals surface area contributed by atoms with Crippen LogP contribution in [-0.2, 0) is 11.3 Å². The third-order valence-electron chi connectivity index (χ3n) is 4.04. The molecule has 0 saturated carbocycles. The second-order valence-electron chi connectivity index (χ2n) is 5.95. The maximum atomic E-state index is 12.3. The highest BCUT2D eigenvalue weighted by Crippen LogP contribution is 2.20. The van der Waals surface area contributed by atoms with Gasteiger partial charge in [0.05, 0.1) is 20.8 Å². The van der Waals surface area contributed by atoms with Gasteiger partial charge in [0.25, 0.3) is 5.91 Å². The lowest BCUT2D eigenvalue weighted by Gasteiger charge is -2.15. The Kier molecular flexibility index (Phi) is 6.11. The van der Waals surface area contributed by atoms with Crippen LogP contribution in [0.25, 0.3) is 11.4 Å². The van der Waals surface area contributed by atoms with E-state index in [4.69, 9.17) is 18.7 Å². The normalized spacial score (nSPS) is 10.4. The van der Waals surface area contributed by atoms with Crippen molar-refractivity contribution in [1.82, 2.24) is 15.0 Å². The molecule has 1 heterocycles. The minimum Gasteiger partial charge on any atom is -0.497 e. The molecule has 1 amide bonds. The third-order valence-corrected chi connectivity index (χ3v) is 4.04. The number of amides is 1. The van der Waals surface area contributed by atoms with Gasteiger partial charge in [0.2, 0.25) is 11.7 Å². The van der Waals surface area contributed by atoms with Crippen molar-refractivity contribution in [3.8, 4) is 28.6 Å². The van der Waals surface area contributed by atoms with E-state index in [1.54, 1.807) is 45.5 Å². The molecule has 3 aromatic rings. The first-order chi connectivity index (χ1) is 13.6. The van der Waals surface area contributed by atoms with Gasteiger partial charge in [-0.25, -0.2) is 0 Å². The quantitative estimate of drug-likeness (QED) is 0.591. The van der Waals surface area contributed by atoms with Crippen molar-refractivity contribution in [2.24, 2.45) is 0 Å². The van der Waals surface area contributed by atoms with E-state index >= 15 is 0 Å². The Hall–Kier alpha value is -3.55. The summed E-state index contributed by atoms with van der Waals surface area (Å²) in [6.07, 6.45) is 0. The van der Waals surface area contributed by atoms with Crippen LogP contribution < -0.4 is 14.2 Å². The molecular weight excluding hydrogens is 362 g/mol. The van der Waals surface area contributed by atoms with Crippen LogP contribution in [0.15, 0.2) is 53.1 Å². The lowest BCUT2D eigenvalue weighted by Crippen LogP contribution is -2.31. The van der Waals surface area contributed by atoms with Gasteiger partial charge in [-0.05, 0) is 48.5 Å². The summed E-state index contributed by atoms with van der Waals surface area (Å²) in [6, 6.07) is 14.3. The van der Waals surface area contributed by atoms with Gasteiger partial charge in [0, 0.05) is 12.6 Å². The number of hydrogen-bond acceptors (Lipinski definition) is 7. The first-order valence-corrected chi connectivity index (χ1v) is 8.57. The summed E-state index contributed by atoms with van der Waals surface area (Å²) in [6.45, 7) is 0.0935. The molecule has 0 bridgehead atoms. The molecule has 0 fully saturated rings. The zero-order valence-corrected chi connectivity index (χ0v) is 15.9. The highest BCUT2D eigenvalue weighted by molar-refractivity contribution is 5.77. The summed E-state index contributed by atoms with van der Waals surface area (Å²) in [7, 11) is 4.84. The molecule has 8 nitrogen and oxygen atoms in total. The van der Waals surface area contributed by atoms with Gasteiger partial charge < -0.3 is 23.6 Å². The summed E-state index contributed by atoms with van der Waals surface area (Å²) in [5.41, 5.74) is 0.799. The zero-order valence-electron chi connectivity index (χ0n) is 15.9. The summed E-state index contributed by atoms with van der Waals surface area (Å²) in [5, 5.41) is 3.96. The predicted octanol–water partition coefficient (Wildman–Crippen LogP) is 2.79. The van der Waals surface area contributed by atoms with E-state index in [0.29, 0.717) is 17.5 Å². The third kappa shape index (κ3) is 4.79. The van der Waals surface area contributed by atoms with Crippen LogP contribution in [0.3, 0.4) is 0 Å². The van der Waals surface area contributed by atoms with Crippen LogP contribution in [-0.4, -0.2) is 48.8 Å². The van der Waals surface area contributed by atoms with Crippen LogP contribution in [0.2, 0.25) is 0 Å². The number of carbonyl (C=O) groups excluding carboxylic acids is 1. The average Bonchev–Trinajstić information content (AvgIpc) is 3.20. The maximum absolute atomic E-state index is 12.3. The molecule has 0 spiro atoms. The first kappa shape index (κ1) is 19.2. The van der Waals surface area contributed by atoms with Gasteiger partial charge in [-0.3, -0.25) is 4.79 Å². The van der Waals surface area contributed by atoms with E-state index in [1.165, 1.54) is 4.90 Å². The van der Waals surface area contributed by atoms with Gasteiger partial charge >= 0.3 is 0 Å². The monoisotopic (exact) mass is 383 g/mol. The molecule has 0 saturated heterocycles. The maximum Gasteiger partial charge on any atom is 0.260 e. The number of methoxy groups -OCH3 is 2. The Bertz CT molecular complexity index is 906. The smallest absolute Gasteiger partial charge is 0.260 e. The Morgan fingerprint density at radius 2 is 1.54 bits per heavy atom. The summed E-state index contributed by atoms with van der Waals surface area (Å²) in [5.74, 6) is 2.63. The van der Waals surface area contributed by atoms with Gasteiger partial charge in [-0.2, -0.15) is 4.98 Å². The molecule has 3 rings (SSSR count). The first-order valence-electron chi connectivity index (χ1n) is 8.57. The van der Waals surface area contributed by atoms with Gasteiger partial charge in [0.15, 0.2) is 6.61 Å². The largest absolute Gasteiger partial charge is 0.497 e. The molecule has 0 N–H and O–H groups in total. The molecule has 2 aromatic carbocycles. The van der Waals surface area contributed by atoms with Crippen LogP contribution in [0.1, 0.15) is 5.89 Å². The predicted molar refractivity (Wildman–Crippen MR) is 101 cm³/mol. The van der Waals surface area contributed by atoms with Crippen molar-refractivity contribution in [3.63, 3.8) is 0 Å². The lowest BCUT2D eigenvalue weighted by atomic mass is 10.2. The van der Waals surface area contributed by atoms with Crippen LogP contribution in [0.5, 0.6) is 17.2 Å². The fraction of sp³-hybridized carbons (Fsp3) is 0.250. The van der Waals surface area contributed by atoms with E-state index in [1.807, 2.05) is 24.3 Å². The number of rotatable bonds is 8. The SMILES string of the molecule is COc1ccc(OCC(=O)N(C)Cc2nc(-c3ccc(OC)cc3)no2)cc1. The fourth-order valence-electron chi connectivity index (χ4n) is 2.39. The molecule has 0 aliphatic rings.